The van der Waals surface area contributed by atoms with E-state index in [2.05, 4.69) is 4.74 Å². The van der Waals surface area contributed by atoms with Crippen molar-refractivity contribution in [3.05, 3.63) is 0 Å². The van der Waals surface area contributed by atoms with Crippen LogP contribution in [0, 0.1) is 5.92 Å². The molecule has 13 heavy (non-hydrogen) atoms. The molecule has 0 aliphatic heterocycles. The van der Waals surface area contributed by atoms with Crippen LogP contribution in [0.25, 0.3) is 0 Å². The molecule has 0 amide bonds. The van der Waals surface area contributed by atoms with E-state index >= 15 is 0 Å². The predicted octanol–water partition coefficient (Wildman–Crippen LogP) is 2.70. The lowest BCUT2D eigenvalue weighted by Crippen LogP contribution is -2.38. The third kappa shape index (κ3) is 2.56. The number of methoxy groups -OCH3 is 1. The molecule has 5 heteroatoms. The van der Waals surface area contributed by atoms with Crippen LogP contribution >= 0.6 is 0 Å². The first-order valence-electron chi connectivity index (χ1n) is 4.18. The number of hydrogen-bond donors (Lipinski definition) is 0. The van der Waals surface area contributed by atoms with E-state index in [1.807, 2.05) is 0 Å². The number of rotatable bonds is 1. The second-order valence-corrected chi connectivity index (χ2v) is 3.34. The molecule has 0 aromatic carbocycles. The van der Waals surface area contributed by atoms with Gasteiger partial charge in [-0.3, -0.25) is 0 Å². The van der Waals surface area contributed by atoms with E-state index < -0.39 is 24.4 Å². The van der Waals surface area contributed by atoms with Crippen LogP contribution in [-0.4, -0.2) is 25.6 Å². The molecule has 0 aromatic heterocycles. The molecule has 0 aromatic rings. The quantitative estimate of drug-likeness (QED) is 0.591. The highest BCUT2D eigenvalue weighted by Crippen LogP contribution is 2.39. The van der Waals surface area contributed by atoms with Gasteiger partial charge < -0.3 is 4.74 Å². The molecule has 1 nitrogen and oxygen atoms in total. The van der Waals surface area contributed by atoms with Crippen molar-refractivity contribution in [1.29, 1.82) is 0 Å². The highest BCUT2D eigenvalue weighted by molar-refractivity contribution is 4.83. The molecule has 3 atom stereocenters. The summed E-state index contributed by atoms with van der Waals surface area (Å²) in [4.78, 5) is 0. The summed E-state index contributed by atoms with van der Waals surface area (Å²) in [5, 5.41) is 0. The minimum Gasteiger partial charge on any atom is -0.378 e. The Labute approximate surface area is 74.1 Å². The Morgan fingerprint density at radius 3 is 2.31 bits per heavy atom. The topological polar surface area (TPSA) is 9.23 Å². The summed E-state index contributed by atoms with van der Waals surface area (Å²) < 4.78 is 54.2. The van der Waals surface area contributed by atoms with Gasteiger partial charge in [-0.1, -0.05) is 0 Å². The summed E-state index contributed by atoms with van der Waals surface area (Å²) in [5.74, 6) is -1.40. The maximum absolute atomic E-state index is 12.9. The van der Waals surface area contributed by atoms with Crippen molar-refractivity contribution in [2.75, 3.05) is 7.11 Å². The van der Waals surface area contributed by atoms with Crippen LogP contribution in [0.4, 0.5) is 17.6 Å². The Kier molecular flexibility index (Phi) is 3.16. The molecule has 1 aliphatic carbocycles. The first-order valence-corrected chi connectivity index (χ1v) is 4.18. The third-order valence-corrected chi connectivity index (χ3v) is 2.48. The molecule has 1 aliphatic rings. The molecule has 0 radical (unpaired) electrons. The number of alkyl halides is 4. The van der Waals surface area contributed by atoms with E-state index in [0.29, 0.717) is 0 Å². The van der Waals surface area contributed by atoms with Gasteiger partial charge in [0.15, 0.2) is 0 Å². The molecular weight excluding hydrogens is 188 g/mol. The van der Waals surface area contributed by atoms with Gasteiger partial charge in [0.2, 0.25) is 0 Å². The maximum Gasteiger partial charge on any atom is 0.391 e. The van der Waals surface area contributed by atoms with E-state index in [1.165, 1.54) is 7.11 Å². The van der Waals surface area contributed by atoms with Crippen molar-refractivity contribution in [1.82, 2.24) is 0 Å². The van der Waals surface area contributed by atoms with Crippen LogP contribution in [0.15, 0.2) is 0 Å². The van der Waals surface area contributed by atoms with E-state index in [-0.39, 0.29) is 19.3 Å². The van der Waals surface area contributed by atoms with Crippen molar-refractivity contribution in [3.63, 3.8) is 0 Å². The molecule has 78 valence electrons. The summed E-state index contributed by atoms with van der Waals surface area (Å²) in [5.41, 5.74) is 0. The fraction of sp³-hybridized carbons (Fsp3) is 1.00. The smallest absolute Gasteiger partial charge is 0.378 e. The Bertz CT molecular complexity index is 168. The predicted molar refractivity (Wildman–Crippen MR) is 39.1 cm³/mol. The highest BCUT2D eigenvalue weighted by atomic mass is 19.4. The largest absolute Gasteiger partial charge is 0.391 e. The third-order valence-electron chi connectivity index (χ3n) is 2.48. The summed E-state index contributed by atoms with van der Waals surface area (Å²) in [7, 11) is 1.25. The van der Waals surface area contributed by atoms with Crippen LogP contribution in [0.3, 0.4) is 0 Å². The zero-order chi connectivity index (χ0) is 10.1. The molecule has 3 unspecified atom stereocenters. The average molecular weight is 200 g/mol. The van der Waals surface area contributed by atoms with Crippen LogP contribution in [-0.2, 0) is 4.74 Å². The van der Waals surface area contributed by atoms with Crippen molar-refractivity contribution in [2.24, 2.45) is 5.92 Å². The lowest BCUT2D eigenvalue weighted by molar-refractivity contribution is -0.196. The molecule has 0 spiro atoms. The second-order valence-electron chi connectivity index (χ2n) is 3.34. The normalized spacial score (nSPS) is 36.2. The SMILES string of the molecule is COC1CC(C(F)(F)F)CCC1F. The molecule has 0 heterocycles. The van der Waals surface area contributed by atoms with Crippen LogP contribution < -0.4 is 0 Å². The Hall–Kier alpha value is -0.320. The van der Waals surface area contributed by atoms with Crippen LogP contribution in [0.1, 0.15) is 19.3 Å². The Morgan fingerprint density at radius 1 is 1.23 bits per heavy atom. The molecule has 0 N–H and O–H groups in total. The van der Waals surface area contributed by atoms with Gasteiger partial charge in [0.1, 0.15) is 6.17 Å². The molecule has 1 saturated carbocycles. The number of halogens is 4. The lowest BCUT2D eigenvalue weighted by Gasteiger charge is -2.31. The molecule has 0 saturated heterocycles. The molecule has 0 bridgehead atoms. The molecular formula is C8H12F4O. The van der Waals surface area contributed by atoms with Gasteiger partial charge in [-0.2, -0.15) is 13.2 Å². The highest BCUT2D eigenvalue weighted by Gasteiger charge is 2.45. The van der Waals surface area contributed by atoms with Crippen molar-refractivity contribution < 1.29 is 22.3 Å². The summed E-state index contributed by atoms with van der Waals surface area (Å²) in [6.07, 6.45) is -6.77. The van der Waals surface area contributed by atoms with Crippen molar-refractivity contribution in [2.45, 2.75) is 37.7 Å². The van der Waals surface area contributed by atoms with Crippen LogP contribution in [0.5, 0.6) is 0 Å². The number of hydrogen-bond acceptors (Lipinski definition) is 1. The van der Waals surface area contributed by atoms with Gasteiger partial charge in [-0.05, 0) is 19.3 Å². The van der Waals surface area contributed by atoms with Gasteiger partial charge in [-0.15, -0.1) is 0 Å². The zero-order valence-electron chi connectivity index (χ0n) is 7.27. The standard InChI is InChI=1S/C8H12F4O/c1-13-7-4-5(8(10,11)12)2-3-6(7)9/h5-7H,2-4H2,1H3. The van der Waals surface area contributed by atoms with E-state index in [1.54, 1.807) is 0 Å². The Morgan fingerprint density at radius 2 is 1.85 bits per heavy atom. The summed E-state index contributed by atoms with van der Waals surface area (Å²) >= 11 is 0. The van der Waals surface area contributed by atoms with Gasteiger partial charge >= 0.3 is 6.18 Å². The Balaban J connectivity index is 2.55. The van der Waals surface area contributed by atoms with Gasteiger partial charge in [0, 0.05) is 7.11 Å². The average Bonchev–Trinajstić information content (AvgIpc) is 2.03. The minimum atomic E-state index is -4.21. The zero-order valence-corrected chi connectivity index (χ0v) is 7.27. The van der Waals surface area contributed by atoms with Gasteiger partial charge in [0.25, 0.3) is 0 Å². The first kappa shape index (κ1) is 10.8. The van der Waals surface area contributed by atoms with E-state index in [0.717, 1.165) is 0 Å². The fourth-order valence-corrected chi connectivity index (χ4v) is 1.63. The minimum absolute atomic E-state index is 0.0529. The molecule has 1 fully saturated rings. The summed E-state index contributed by atoms with van der Waals surface area (Å²) in [6, 6.07) is 0. The molecule has 1 rings (SSSR count). The summed E-state index contributed by atoms with van der Waals surface area (Å²) in [6.45, 7) is 0. The first-order chi connectivity index (χ1) is 5.95. The van der Waals surface area contributed by atoms with Gasteiger partial charge in [-0.25, -0.2) is 4.39 Å². The second kappa shape index (κ2) is 3.82. The van der Waals surface area contributed by atoms with E-state index in [9.17, 15) is 17.6 Å². The maximum atomic E-state index is 12.9. The van der Waals surface area contributed by atoms with Crippen LogP contribution in [0.2, 0.25) is 0 Å². The lowest BCUT2D eigenvalue weighted by atomic mass is 9.85. The monoisotopic (exact) mass is 200 g/mol. The van der Waals surface area contributed by atoms with E-state index in [4.69, 9.17) is 0 Å². The number of ether oxygens (including phenoxy) is 1. The van der Waals surface area contributed by atoms with Crippen molar-refractivity contribution in [3.8, 4) is 0 Å². The van der Waals surface area contributed by atoms with Gasteiger partial charge in [0.05, 0.1) is 12.0 Å². The fourth-order valence-electron chi connectivity index (χ4n) is 1.63. The van der Waals surface area contributed by atoms with Crippen molar-refractivity contribution >= 4 is 0 Å².